The second kappa shape index (κ2) is 8.16. The zero-order valence-electron chi connectivity index (χ0n) is 17.1. The molecule has 2 aromatic rings. The van der Waals surface area contributed by atoms with Crippen LogP contribution in [0.25, 0.3) is 10.4 Å². The number of anilines is 1. The summed E-state index contributed by atoms with van der Waals surface area (Å²) < 4.78 is 10.6. The van der Waals surface area contributed by atoms with Crippen LogP contribution in [0.1, 0.15) is 41.5 Å². The van der Waals surface area contributed by atoms with Gasteiger partial charge in [0.25, 0.3) is 5.69 Å². The molecule has 0 fully saturated rings. The van der Waals surface area contributed by atoms with E-state index in [-0.39, 0.29) is 10.8 Å². The summed E-state index contributed by atoms with van der Waals surface area (Å²) in [5.74, 6) is 0. The van der Waals surface area contributed by atoms with Crippen molar-refractivity contribution in [3.8, 4) is 10.4 Å². The molecule has 156 valence electrons. The summed E-state index contributed by atoms with van der Waals surface area (Å²) in [6.07, 6.45) is -0.417. The number of carbonyl (C=O) groups excluding carboxylic acids is 2. The highest BCUT2D eigenvalue weighted by atomic mass is 32.1. The van der Waals surface area contributed by atoms with Crippen molar-refractivity contribution in [1.29, 1.82) is 0 Å². The largest absolute Gasteiger partial charge is 0.443 e. The summed E-state index contributed by atoms with van der Waals surface area (Å²) in [6, 6.07) is 5.99. The second-order valence-electron chi connectivity index (χ2n) is 8.11. The van der Waals surface area contributed by atoms with E-state index in [0.29, 0.717) is 10.4 Å². The molecule has 0 spiro atoms. The molecule has 0 N–H and O–H groups in total. The van der Waals surface area contributed by atoms with Crippen LogP contribution in [0, 0.1) is 10.1 Å². The van der Waals surface area contributed by atoms with Crippen molar-refractivity contribution in [3.63, 3.8) is 0 Å². The minimum atomic E-state index is -0.924. The Bertz CT molecular complexity index is 899. The minimum Gasteiger partial charge on any atom is -0.443 e. The van der Waals surface area contributed by atoms with Gasteiger partial charge in [-0.25, -0.2) is 14.6 Å². The average Bonchev–Trinajstić information content (AvgIpc) is 3.01. The topological polar surface area (TPSA) is 112 Å². The first kappa shape index (κ1) is 22.3. The maximum Gasteiger partial charge on any atom is 0.426 e. The lowest BCUT2D eigenvalue weighted by Gasteiger charge is -2.27. The number of rotatable bonds is 3. The molecule has 10 heteroatoms. The minimum absolute atomic E-state index is 0.0370. The van der Waals surface area contributed by atoms with Gasteiger partial charge in [0.15, 0.2) is 0 Å². The van der Waals surface area contributed by atoms with Crippen LogP contribution < -0.4 is 4.90 Å². The molecule has 1 aromatic carbocycles. The SMILES string of the molecule is CC(C)(C)OC(=O)N(C(=O)OC(C)(C)C)c1ncc(-c2cccc([N+](=O)[O-])c2)s1. The summed E-state index contributed by atoms with van der Waals surface area (Å²) in [5.41, 5.74) is -1.21. The Balaban J connectivity index is 2.41. The number of non-ortho nitro benzene ring substituents is 1. The van der Waals surface area contributed by atoms with Crippen LogP contribution in [0.4, 0.5) is 20.4 Å². The molecule has 0 aliphatic heterocycles. The number of nitrogens with zero attached hydrogens (tertiary/aromatic N) is 3. The number of aromatic nitrogens is 1. The van der Waals surface area contributed by atoms with E-state index in [4.69, 9.17) is 9.47 Å². The van der Waals surface area contributed by atoms with Crippen LogP contribution in [0.5, 0.6) is 0 Å². The molecule has 0 aliphatic carbocycles. The van der Waals surface area contributed by atoms with Gasteiger partial charge in [-0.1, -0.05) is 23.5 Å². The Labute approximate surface area is 172 Å². The molecule has 0 saturated carbocycles. The molecule has 9 nitrogen and oxygen atoms in total. The van der Waals surface area contributed by atoms with E-state index in [0.717, 1.165) is 16.2 Å². The zero-order valence-corrected chi connectivity index (χ0v) is 17.9. The number of hydrogen-bond acceptors (Lipinski definition) is 8. The first-order chi connectivity index (χ1) is 13.3. The third-order valence-electron chi connectivity index (χ3n) is 3.18. The molecule has 29 heavy (non-hydrogen) atoms. The van der Waals surface area contributed by atoms with Crippen LogP contribution >= 0.6 is 11.3 Å². The Morgan fingerprint density at radius 3 is 2.10 bits per heavy atom. The standard InChI is InChI=1S/C19H23N3O6S/c1-18(2,3)27-16(23)21(17(24)28-19(4,5)6)15-20-11-14(29-15)12-8-7-9-13(10-12)22(25)26/h7-11H,1-6H3. The molecule has 0 atom stereocenters. The molecule has 0 unspecified atom stereocenters. The van der Waals surface area contributed by atoms with Gasteiger partial charge in [-0.15, -0.1) is 0 Å². The van der Waals surface area contributed by atoms with Crippen molar-refractivity contribution in [1.82, 2.24) is 4.98 Å². The molecule has 0 bridgehead atoms. The van der Waals surface area contributed by atoms with Crippen LogP contribution in [-0.2, 0) is 9.47 Å². The molecule has 1 aromatic heterocycles. The third-order valence-corrected chi connectivity index (χ3v) is 4.21. The molecular weight excluding hydrogens is 398 g/mol. The monoisotopic (exact) mass is 421 g/mol. The highest BCUT2D eigenvalue weighted by molar-refractivity contribution is 7.19. The number of amides is 2. The lowest BCUT2D eigenvalue weighted by molar-refractivity contribution is -0.384. The Hall–Kier alpha value is -3.01. The van der Waals surface area contributed by atoms with E-state index >= 15 is 0 Å². The van der Waals surface area contributed by atoms with Gasteiger partial charge in [0.2, 0.25) is 5.13 Å². The highest BCUT2D eigenvalue weighted by Crippen LogP contribution is 2.34. The van der Waals surface area contributed by atoms with Crippen molar-refractivity contribution in [2.75, 3.05) is 4.90 Å². The Morgan fingerprint density at radius 2 is 1.62 bits per heavy atom. The molecule has 0 radical (unpaired) electrons. The summed E-state index contributed by atoms with van der Waals surface area (Å²) in [4.78, 5) is 41.2. The van der Waals surface area contributed by atoms with E-state index in [1.54, 1.807) is 53.7 Å². The number of ether oxygens (including phenoxy) is 2. The van der Waals surface area contributed by atoms with Gasteiger partial charge >= 0.3 is 12.2 Å². The van der Waals surface area contributed by atoms with E-state index in [1.807, 2.05) is 0 Å². The summed E-state index contributed by atoms with van der Waals surface area (Å²) >= 11 is 1.01. The van der Waals surface area contributed by atoms with Gasteiger partial charge in [-0.3, -0.25) is 10.1 Å². The molecule has 2 amide bonds. The fraction of sp³-hybridized carbons (Fsp3) is 0.421. The van der Waals surface area contributed by atoms with E-state index in [1.165, 1.54) is 18.3 Å². The van der Waals surface area contributed by atoms with Crippen molar-refractivity contribution in [2.45, 2.75) is 52.7 Å². The fourth-order valence-electron chi connectivity index (χ4n) is 2.12. The van der Waals surface area contributed by atoms with Gasteiger partial charge in [-0.2, -0.15) is 4.90 Å². The molecule has 2 rings (SSSR count). The number of imide groups is 1. The molecule has 0 saturated heterocycles. The predicted molar refractivity (Wildman–Crippen MR) is 109 cm³/mol. The van der Waals surface area contributed by atoms with Crippen LogP contribution in [0.2, 0.25) is 0 Å². The summed E-state index contributed by atoms with van der Waals surface area (Å²) in [6.45, 7) is 10.1. The molecule has 0 aliphatic rings. The predicted octanol–water partition coefficient (Wildman–Crippen LogP) is 5.39. The van der Waals surface area contributed by atoms with Crippen molar-refractivity contribution < 1.29 is 24.0 Å². The number of hydrogen-bond donors (Lipinski definition) is 0. The lowest BCUT2D eigenvalue weighted by Crippen LogP contribution is -2.43. The molecule has 1 heterocycles. The normalized spacial score (nSPS) is 11.7. The first-order valence-electron chi connectivity index (χ1n) is 8.73. The Kier molecular flexibility index (Phi) is 6.27. The third kappa shape index (κ3) is 6.24. The van der Waals surface area contributed by atoms with Crippen molar-refractivity contribution >= 4 is 34.3 Å². The van der Waals surface area contributed by atoms with E-state index in [2.05, 4.69) is 4.98 Å². The van der Waals surface area contributed by atoms with Crippen molar-refractivity contribution in [2.24, 2.45) is 0 Å². The number of nitro groups is 1. The summed E-state index contributed by atoms with van der Waals surface area (Å²) in [7, 11) is 0. The van der Waals surface area contributed by atoms with Crippen LogP contribution in [-0.4, -0.2) is 33.3 Å². The van der Waals surface area contributed by atoms with Gasteiger partial charge in [0.1, 0.15) is 11.2 Å². The Morgan fingerprint density at radius 1 is 1.07 bits per heavy atom. The van der Waals surface area contributed by atoms with Crippen molar-refractivity contribution in [3.05, 3.63) is 40.6 Å². The first-order valence-corrected chi connectivity index (χ1v) is 9.55. The average molecular weight is 421 g/mol. The maximum atomic E-state index is 12.7. The zero-order chi connectivity index (χ0) is 22.0. The smallest absolute Gasteiger partial charge is 0.426 e. The van der Waals surface area contributed by atoms with E-state index in [9.17, 15) is 19.7 Å². The van der Waals surface area contributed by atoms with Gasteiger partial charge in [0, 0.05) is 23.9 Å². The van der Waals surface area contributed by atoms with Gasteiger partial charge in [0.05, 0.1) is 9.80 Å². The van der Waals surface area contributed by atoms with Gasteiger partial charge < -0.3 is 9.47 Å². The fourth-order valence-corrected chi connectivity index (χ4v) is 3.01. The number of carbonyl (C=O) groups is 2. The quantitative estimate of drug-likeness (QED) is 0.482. The molecular formula is C19H23N3O6S. The number of thiazole rings is 1. The highest BCUT2D eigenvalue weighted by Gasteiger charge is 2.34. The maximum absolute atomic E-state index is 12.7. The van der Waals surface area contributed by atoms with E-state index < -0.39 is 28.3 Å². The van der Waals surface area contributed by atoms with Crippen LogP contribution in [0.3, 0.4) is 0 Å². The number of nitro benzene ring substituents is 1. The summed E-state index contributed by atoms with van der Waals surface area (Å²) in [5, 5.41) is 11.0. The van der Waals surface area contributed by atoms with Gasteiger partial charge in [-0.05, 0) is 41.5 Å². The number of benzene rings is 1. The second-order valence-corrected chi connectivity index (χ2v) is 9.12. The van der Waals surface area contributed by atoms with Crippen LogP contribution in [0.15, 0.2) is 30.5 Å². The lowest BCUT2D eigenvalue weighted by atomic mass is 10.2.